The van der Waals surface area contributed by atoms with Crippen molar-refractivity contribution < 1.29 is 13.5 Å². The van der Waals surface area contributed by atoms with Gasteiger partial charge in [0.15, 0.2) is 0 Å². The zero-order valence-corrected chi connectivity index (χ0v) is 9.46. The summed E-state index contributed by atoms with van der Waals surface area (Å²) in [4.78, 5) is 0. The normalized spacial score (nSPS) is 19.4. The molecule has 0 unspecified atom stereocenters. The Balaban J connectivity index is 2.70. The van der Waals surface area contributed by atoms with Gasteiger partial charge in [0.25, 0.3) is 0 Å². The molecule has 4 nitrogen and oxygen atoms in total. The molecular weight excluding hydrogens is 202 g/mol. The van der Waals surface area contributed by atoms with E-state index in [9.17, 15) is 8.42 Å². The highest BCUT2D eigenvalue weighted by atomic mass is 32.2. The fourth-order valence-corrected chi connectivity index (χ4v) is 4.02. The van der Waals surface area contributed by atoms with Crippen LogP contribution in [0, 0.1) is 0 Å². The van der Waals surface area contributed by atoms with Crippen molar-refractivity contribution in [3.63, 3.8) is 0 Å². The molecule has 0 aromatic rings. The summed E-state index contributed by atoms with van der Waals surface area (Å²) in [7, 11) is -3.14. The van der Waals surface area contributed by atoms with Crippen molar-refractivity contribution in [2.75, 3.05) is 19.7 Å². The molecule has 0 saturated heterocycles. The third-order valence-electron chi connectivity index (χ3n) is 2.79. The number of hydrogen-bond donors (Lipinski definition) is 1. The van der Waals surface area contributed by atoms with Crippen LogP contribution in [0.2, 0.25) is 0 Å². The highest BCUT2D eigenvalue weighted by Crippen LogP contribution is 2.26. The standard InChI is InChI=1S/C9H19NO3S/c1-2-10(7-8-11)14(12,13)9-5-3-4-6-9/h9,11H,2-8H2,1H3. The van der Waals surface area contributed by atoms with E-state index in [2.05, 4.69) is 0 Å². The Morgan fingerprint density at radius 2 is 1.93 bits per heavy atom. The summed E-state index contributed by atoms with van der Waals surface area (Å²) in [6, 6.07) is 0. The van der Waals surface area contributed by atoms with Gasteiger partial charge in [0, 0.05) is 13.1 Å². The van der Waals surface area contributed by atoms with Crippen LogP contribution in [0.1, 0.15) is 32.6 Å². The molecule has 0 atom stereocenters. The molecule has 1 fully saturated rings. The Bertz CT molecular complexity index is 257. The molecular formula is C9H19NO3S. The van der Waals surface area contributed by atoms with Crippen LogP contribution >= 0.6 is 0 Å². The highest BCUT2D eigenvalue weighted by molar-refractivity contribution is 7.89. The Labute approximate surface area is 86.0 Å². The first-order valence-corrected chi connectivity index (χ1v) is 6.73. The van der Waals surface area contributed by atoms with E-state index in [4.69, 9.17) is 5.11 Å². The molecule has 5 heteroatoms. The van der Waals surface area contributed by atoms with Crippen LogP contribution in [0.15, 0.2) is 0 Å². The molecule has 0 amide bonds. The molecule has 1 saturated carbocycles. The Morgan fingerprint density at radius 1 is 1.36 bits per heavy atom. The maximum atomic E-state index is 12.0. The Hall–Kier alpha value is -0.130. The van der Waals surface area contributed by atoms with Gasteiger partial charge in [-0.05, 0) is 12.8 Å². The third-order valence-corrected chi connectivity index (χ3v) is 5.26. The number of nitrogens with zero attached hydrogens (tertiary/aromatic N) is 1. The first kappa shape index (κ1) is 11.9. The minimum Gasteiger partial charge on any atom is -0.395 e. The number of hydrogen-bond acceptors (Lipinski definition) is 3. The zero-order valence-electron chi connectivity index (χ0n) is 8.65. The van der Waals surface area contributed by atoms with Gasteiger partial charge in [0.05, 0.1) is 11.9 Å². The molecule has 0 heterocycles. The molecule has 1 rings (SSSR count). The summed E-state index contributed by atoms with van der Waals surface area (Å²) >= 11 is 0. The zero-order chi connectivity index (χ0) is 10.6. The fourth-order valence-electron chi connectivity index (χ4n) is 1.97. The lowest BCUT2D eigenvalue weighted by molar-refractivity contribution is 0.256. The number of aliphatic hydroxyl groups is 1. The van der Waals surface area contributed by atoms with Gasteiger partial charge >= 0.3 is 0 Å². The topological polar surface area (TPSA) is 57.6 Å². The molecule has 0 spiro atoms. The van der Waals surface area contributed by atoms with E-state index in [1.165, 1.54) is 4.31 Å². The molecule has 1 aliphatic carbocycles. The lowest BCUT2D eigenvalue weighted by atomic mass is 10.4. The van der Waals surface area contributed by atoms with Crippen molar-refractivity contribution in [2.45, 2.75) is 37.9 Å². The van der Waals surface area contributed by atoms with Crippen molar-refractivity contribution in [1.82, 2.24) is 4.31 Å². The van der Waals surface area contributed by atoms with Crippen molar-refractivity contribution in [3.05, 3.63) is 0 Å². The molecule has 14 heavy (non-hydrogen) atoms. The monoisotopic (exact) mass is 221 g/mol. The van der Waals surface area contributed by atoms with Crippen LogP contribution in [-0.4, -0.2) is 42.8 Å². The molecule has 0 aromatic heterocycles. The molecule has 0 aromatic carbocycles. The minimum absolute atomic E-state index is 0.0974. The molecule has 0 bridgehead atoms. The summed E-state index contributed by atoms with van der Waals surface area (Å²) < 4.78 is 25.3. The summed E-state index contributed by atoms with van der Waals surface area (Å²) in [5.41, 5.74) is 0. The van der Waals surface area contributed by atoms with E-state index in [-0.39, 0.29) is 18.4 Å². The first-order chi connectivity index (χ1) is 6.62. The summed E-state index contributed by atoms with van der Waals surface area (Å²) in [5.74, 6) is 0. The number of likely N-dealkylation sites (N-methyl/N-ethyl adjacent to an activating group) is 1. The van der Waals surface area contributed by atoms with Gasteiger partial charge < -0.3 is 5.11 Å². The Morgan fingerprint density at radius 3 is 2.36 bits per heavy atom. The second-order valence-electron chi connectivity index (χ2n) is 3.67. The summed E-state index contributed by atoms with van der Waals surface area (Å²) in [5, 5.41) is 8.57. The van der Waals surface area contributed by atoms with Gasteiger partial charge in [0.1, 0.15) is 0 Å². The van der Waals surface area contributed by atoms with Crippen molar-refractivity contribution in [3.8, 4) is 0 Å². The van der Waals surface area contributed by atoms with Crippen molar-refractivity contribution in [1.29, 1.82) is 0 Å². The maximum Gasteiger partial charge on any atom is 0.217 e. The summed E-state index contributed by atoms with van der Waals surface area (Å²) in [6.45, 7) is 2.40. The fraction of sp³-hybridized carbons (Fsp3) is 1.00. The lowest BCUT2D eigenvalue weighted by Gasteiger charge is -2.23. The summed E-state index contributed by atoms with van der Waals surface area (Å²) in [6.07, 6.45) is 3.59. The number of aliphatic hydroxyl groups excluding tert-OH is 1. The van der Waals surface area contributed by atoms with Crippen LogP contribution in [0.3, 0.4) is 0 Å². The lowest BCUT2D eigenvalue weighted by Crippen LogP contribution is -2.39. The number of sulfonamides is 1. The molecule has 84 valence electrons. The van der Waals surface area contributed by atoms with Gasteiger partial charge in [0.2, 0.25) is 10.0 Å². The van der Waals surface area contributed by atoms with E-state index < -0.39 is 10.0 Å². The SMILES string of the molecule is CCN(CCO)S(=O)(=O)C1CCCC1. The van der Waals surface area contributed by atoms with E-state index >= 15 is 0 Å². The van der Waals surface area contributed by atoms with Gasteiger partial charge in [-0.25, -0.2) is 8.42 Å². The smallest absolute Gasteiger partial charge is 0.217 e. The molecule has 0 radical (unpaired) electrons. The second-order valence-corrected chi connectivity index (χ2v) is 5.88. The third kappa shape index (κ3) is 2.46. The van der Waals surface area contributed by atoms with E-state index in [0.29, 0.717) is 6.54 Å². The van der Waals surface area contributed by atoms with Gasteiger partial charge in [-0.1, -0.05) is 19.8 Å². The highest BCUT2D eigenvalue weighted by Gasteiger charge is 2.32. The van der Waals surface area contributed by atoms with Crippen LogP contribution in [0.4, 0.5) is 0 Å². The maximum absolute atomic E-state index is 12.0. The van der Waals surface area contributed by atoms with Crippen molar-refractivity contribution >= 4 is 10.0 Å². The van der Waals surface area contributed by atoms with Crippen LogP contribution in [0.5, 0.6) is 0 Å². The largest absolute Gasteiger partial charge is 0.395 e. The van der Waals surface area contributed by atoms with Gasteiger partial charge in [-0.3, -0.25) is 0 Å². The van der Waals surface area contributed by atoms with Gasteiger partial charge in [-0.2, -0.15) is 4.31 Å². The number of rotatable bonds is 5. The first-order valence-electron chi connectivity index (χ1n) is 5.22. The van der Waals surface area contributed by atoms with E-state index in [0.717, 1.165) is 25.7 Å². The minimum atomic E-state index is -3.14. The van der Waals surface area contributed by atoms with E-state index in [1.54, 1.807) is 0 Å². The Kier molecular flexibility index (Phi) is 4.34. The van der Waals surface area contributed by atoms with Crippen LogP contribution < -0.4 is 0 Å². The van der Waals surface area contributed by atoms with Gasteiger partial charge in [-0.15, -0.1) is 0 Å². The van der Waals surface area contributed by atoms with E-state index in [1.807, 2.05) is 6.92 Å². The van der Waals surface area contributed by atoms with Crippen LogP contribution in [0.25, 0.3) is 0 Å². The van der Waals surface area contributed by atoms with Crippen LogP contribution in [-0.2, 0) is 10.0 Å². The average Bonchev–Trinajstić information content (AvgIpc) is 2.66. The quantitative estimate of drug-likeness (QED) is 0.738. The molecule has 1 aliphatic rings. The predicted molar refractivity (Wildman–Crippen MR) is 55.5 cm³/mol. The molecule has 0 aliphatic heterocycles. The predicted octanol–water partition coefficient (Wildman–Crippen LogP) is 0.573. The average molecular weight is 221 g/mol. The molecule has 1 N–H and O–H groups in total. The second kappa shape index (κ2) is 5.09. The van der Waals surface area contributed by atoms with Crippen molar-refractivity contribution in [2.24, 2.45) is 0 Å².